The van der Waals surface area contributed by atoms with Gasteiger partial charge in [0.25, 0.3) is 0 Å². The normalized spacial score (nSPS) is 12.3. The molecule has 0 radical (unpaired) electrons. The van der Waals surface area contributed by atoms with Crippen LogP contribution in [0, 0.1) is 0 Å². The third-order valence-electron chi connectivity index (χ3n) is 1.82. The van der Waals surface area contributed by atoms with E-state index in [4.69, 9.17) is 0 Å². The van der Waals surface area contributed by atoms with Gasteiger partial charge in [0.1, 0.15) is 0 Å². The van der Waals surface area contributed by atoms with Gasteiger partial charge >= 0.3 is 0 Å². The van der Waals surface area contributed by atoms with Gasteiger partial charge in [0, 0.05) is 13.2 Å². The van der Waals surface area contributed by atoms with E-state index in [1.165, 1.54) is 0 Å². The summed E-state index contributed by atoms with van der Waals surface area (Å²) in [4.78, 5) is 6.11. The van der Waals surface area contributed by atoms with Crippen molar-refractivity contribution in [1.29, 1.82) is 0 Å². The molecule has 0 unspecified atom stereocenters. The zero-order valence-corrected chi connectivity index (χ0v) is 9.76. The Kier molecular flexibility index (Phi) is 7.16. The number of nitrogens with zero attached hydrogens (tertiary/aromatic N) is 2. The summed E-state index contributed by atoms with van der Waals surface area (Å²) in [6.07, 6.45) is 12.0. The Morgan fingerprint density at radius 3 is 2.25 bits per heavy atom. The molecule has 0 aromatic carbocycles. The Hall–Kier alpha value is -2.09. The first-order chi connectivity index (χ1) is 7.71. The van der Waals surface area contributed by atoms with Gasteiger partial charge in [-0.1, -0.05) is 38.5 Å². The van der Waals surface area contributed by atoms with Gasteiger partial charge in [-0.3, -0.25) is 4.99 Å². The van der Waals surface area contributed by atoms with E-state index in [9.17, 15) is 0 Å². The number of hydrogen-bond acceptors (Lipinski definition) is 2. The number of aliphatic imine (C=N–C) groups is 1. The molecule has 0 saturated carbocycles. The molecule has 0 aliphatic heterocycles. The van der Waals surface area contributed by atoms with E-state index in [0.29, 0.717) is 0 Å². The smallest absolute Gasteiger partial charge is 0.0860 e. The van der Waals surface area contributed by atoms with Gasteiger partial charge in [0.2, 0.25) is 0 Å². The highest BCUT2D eigenvalue weighted by molar-refractivity contribution is 6.08. The molecule has 0 aliphatic carbocycles. The summed E-state index contributed by atoms with van der Waals surface area (Å²) < 4.78 is 0. The molecule has 0 rings (SSSR count). The lowest BCUT2D eigenvalue weighted by atomic mass is 10.2. The van der Waals surface area contributed by atoms with Crippen molar-refractivity contribution in [3.05, 3.63) is 74.8 Å². The van der Waals surface area contributed by atoms with Gasteiger partial charge in [0.15, 0.2) is 0 Å². The van der Waals surface area contributed by atoms with Crippen LogP contribution in [0.25, 0.3) is 0 Å². The van der Waals surface area contributed by atoms with E-state index in [2.05, 4.69) is 31.3 Å². The van der Waals surface area contributed by atoms with Crippen molar-refractivity contribution in [3.8, 4) is 0 Å². The van der Waals surface area contributed by atoms with E-state index in [-0.39, 0.29) is 0 Å². The molecule has 0 saturated heterocycles. The Balaban J connectivity index is 5.22. The molecule has 0 bridgehead atoms. The highest BCUT2D eigenvalue weighted by Gasteiger charge is 2.04. The van der Waals surface area contributed by atoms with Crippen LogP contribution in [-0.2, 0) is 0 Å². The molecular weight excluding hydrogens is 196 g/mol. The average Bonchev–Trinajstić information content (AvgIpc) is 2.31. The van der Waals surface area contributed by atoms with Crippen molar-refractivity contribution in [1.82, 2.24) is 4.90 Å². The van der Waals surface area contributed by atoms with Gasteiger partial charge in [-0.05, 0) is 24.4 Å². The fourth-order valence-corrected chi connectivity index (χ4v) is 1.00. The Morgan fingerprint density at radius 2 is 1.81 bits per heavy atom. The standard InChI is InChI=1S/C14H18N2/c1-6-10-12-15-13(8-3)14(11-7-2)16(5)9-4/h6-12H,1-4H2,5H3/b12-10-,14-11-,15-13+. The number of hydrogen-bond donors (Lipinski definition) is 0. The van der Waals surface area contributed by atoms with Crippen molar-refractivity contribution >= 4 is 5.71 Å². The maximum Gasteiger partial charge on any atom is 0.0860 e. The summed E-state index contributed by atoms with van der Waals surface area (Å²) in [7, 11) is 1.89. The summed E-state index contributed by atoms with van der Waals surface area (Å²) in [6, 6.07) is 0. The predicted molar refractivity (Wildman–Crippen MR) is 73.2 cm³/mol. The Bertz CT molecular complexity index is 357. The number of allylic oxidation sites excluding steroid dienone is 5. The fourth-order valence-electron chi connectivity index (χ4n) is 1.00. The molecule has 2 nitrogen and oxygen atoms in total. The van der Waals surface area contributed by atoms with Crippen molar-refractivity contribution in [2.75, 3.05) is 7.05 Å². The van der Waals surface area contributed by atoms with E-state index < -0.39 is 0 Å². The molecule has 0 aliphatic rings. The lowest BCUT2D eigenvalue weighted by Crippen LogP contribution is -2.16. The van der Waals surface area contributed by atoms with Crippen LogP contribution in [0.3, 0.4) is 0 Å². The fraction of sp³-hybridized carbons (Fsp3) is 0.0714. The molecule has 84 valence electrons. The van der Waals surface area contributed by atoms with E-state index in [1.807, 2.05) is 18.0 Å². The quantitative estimate of drug-likeness (QED) is 0.468. The van der Waals surface area contributed by atoms with Gasteiger partial charge in [-0.25, -0.2) is 0 Å². The van der Waals surface area contributed by atoms with Crippen LogP contribution in [0.1, 0.15) is 0 Å². The molecule has 0 aromatic rings. The first-order valence-corrected chi connectivity index (χ1v) is 4.87. The second-order valence-corrected chi connectivity index (χ2v) is 2.88. The monoisotopic (exact) mass is 214 g/mol. The zero-order chi connectivity index (χ0) is 12.4. The highest BCUT2D eigenvalue weighted by atomic mass is 15.1. The summed E-state index contributed by atoms with van der Waals surface area (Å²) in [5, 5.41) is 0. The van der Waals surface area contributed by atoms with Gasteiger partial charge in [-0.2, -0.15) is 0 Å². The first kappa shape index (κ1) is 13.9. The van der Waals surface area contributed by atoms with E-state index >= 15 is 0 Å². The average molecular weight is 214 g/mol. The third kappa shape index (κ3) is 4.42. The molecule has 0 N–H and O–H groups in total. The van der Waals surface area contributed by atoms with Crippen LogP contribution >= 0.6 is 0 Å². The van der Waals surface area contributed by atoms with Crippen LogP contribution in [0.2, 0.25) is 0 Å². The second kappa shape index (κ2) is 8.24. The van der Waals surface area contributed by atoms with Gasteiger partial charge < -0.3 is 4.90 Å². The molecule has 0 aromatic heterocycles. The van der Waals surface area contributed by atoms with Crippen molar-refractivity contribution < 1.29 is 0 Å². The minimum atomic E-state index is 0.750. The summed E-state index contributed by atoms with van der Waals surface area (Å²) in [5.74, 6) is 0. The zero-order valence-electron chi connectivity index (χ0n) is 9.76. The third-order valence-corrected chi connectivity index (χ3v) is 1.82. The molecule has 16 heavy (non-hydrogen) atoms. The summed E-state index contributed by atoms with van der Waals surface area (Å²) in [5.41, 5.74) is 1.63. The SMILES string of the molecule is C=C\C=C/N=C(C=C)/C(=C/C=C)N(C)C=C. The van der Waals surface area contributed by atoms with Gasteiger partial charge in [-0.15, -0.1) is 0 Å². The topological polar surface area (TPSA) is 15.6 Å². The minimum Gasteiger partial charge on any atom is -0.350 e. The predicted octanol–water partition coefficient (Wildman–Crippen LogP) is 3.46. The Labute approximate surface area is 98.0 Å². The lowest BCUT2D eigenvalue weighted by molar-refractivity contribution is 0.601. The van der Waals surface area contributed by atoms with Crippen LogP contribution in [0.15, 0.2) is 79.8 Å². The highest BCUT2D eigenvalue weighted by Crippen LogP contribution is 2.07. The number of rotatable bonds is 7. The maximum absolute atomic E-state index is 4.26. The largest absolute Gasteiger partial charge is 0.350 e. The molecule has 2 heteroatoms. The molecule has 0 amide bonds. The molecule has 0 atom stereocenters. The summed E-state index contributed by atoms with van der Waals surface area (Å²) in [6.45, 7) is 14.7. The lowest BCUT2D eigenvalue weighted by Gasteiger charge is -2.17. The first-order valence-electron chi connectivity index (χ1n) is 4.87. The molecule has 0 fully saturated rings. The Morgan fingerprint density at radius 1 is 1.12 bits per heavy atom. The van der Waals surface area contributed by atoms with E-state index in [0.717, 1.165) is 11.4 Å². The molecular formula is C14H18N2. The van der Waals surface area contributed by atoms with Crippen molar-refractivity contribution in [2.45, 2.75) is 0 Å². The van der Waals surface area contributed by atoms with Crippen molar-refractivity contribution in [2.24, 2.45) is 4.99 Å². The van der Waals surface area contributed by atoms with Gasteiger partial charge in [0.05, 0.1) is 11.4 Å². The molecule has 0 heterocycles. The van der Waals surface area contributed by atoms with Crippen molar-refractivity contribution in [3.63, 3.8) is 0 Å². The van der Waals surface area contributed by atoms with Crippen LogP contribution in [-0.4, -0.2) is 17.7 Å². The minimum absolute atomic E-state index is 0.750. The molecule has 0 spiro atoms. The van der Waals surface area contributed by atoms with E-state index in [1.54, 1.807) is 36.7 Å². The van der Waals surface area contributed by atoms with Crippen LogP contribution < -0.4 is 0 Å². The van der Waals surface area contributed by atoms with Crippen LogP contribution in [0.5, 0.6) is 0 Å². The maximum atomic E-state index is 4.26. The summed E-state index contributed by atoms with van der Waals surface area (Å²) >= 11 is 0. The second-order valence-electron chi connectivity index (χ2n) is 2.88. The van der Waals surface area contributed by atoms with Crippen LogP contribution in [0.4, 0.5) is 0 Å².